The van der Waals surface area contributed by atoms with E-state index in [-0.39, 0.29) is 0 Å². The van der Waals surface area contributed by atoms with Crippen molar-refractivity contribution in [1.82, 2.24) is 4.90 Å². The molecular formula is C10H13ClN. The molecule has 0 saturated carbocycles. The van der Waals surface area contributed by atoms with Crippen LogP contribution < -0.4 is 0 Å². The van der Waals surface area contributed by atoms with Crippen LogP contribution in [-0.4, -0.2) is 19.0 Å². The van der Waals surface area contributed by atoms with Crippen LogP contribution in [0.2, 0.25) is 5.02 Å². The topological polar surface area (TPSA) is 3.24 Å². The first-order valence-corrected chi connectivity index (χ1v) is 4.29. The number of benzene rings is 1. The van der Waals surface area contributed by atoms with Gasteiger partial charge in [0.05, 0.1) is 0 Å². The van der Waals surface area contributed by atoms with E-state index >= 15 is 0 Å². The number of nitrogens with zero attached hydrogens (tertiary/aromatic N) is 1. The molecule has 65 valence electrons. The summed E-state index contributed by atoms with van der Waals surface area (Å²) in [5.74, 6) is 0. The highest BCUT2D eigenvalue weighted by molar-refractivity contribution is 6.31. The predicted octanol–water partition coefficient (Wildman–Crippen LogP) is 2.51. The minimum atomic E-state index is 0.833. The van der Waals surface area contributed by atoms with E-state index in [0.29, 0.717) is 0 Å². The third kappa shape index (κ3) is 2.50. The molecule has 0 saturated heterocycles. The molecule has 12 heavy (non-hydrogen) atoms. The first kappa shape index (κ1) is 9.56. The Hall–Kier alpha value is -0.530. The van der Waals surface area contributed by atoms with Crippen LogP contribution in [0, 0.1) is 13.0 Å². The van der Waals surface area contributed by atoms with Crippen LogP contribution in [-0.2, 0) is 6.54 Å². The van der Waals surface area contributed by atoms with Crippen molar-refractivity contribution in [1.29, 1.82) is 0 Å². The molecule has 1 radical (unpaired) electrons. The van der Waals surface area contributed by atoms with Gasteiger partial charge in [-0.15, -0.1) is 0 Å². The summed E-state index contributed by atoms with van der Waals surface area (Å²) in [6.07, 6.45) is 0. The SMILES string of the molecule is Cc1[c]cc(CN(C)C)c(Cl)c1. The van der Waals surface area contributed by atoms with Gasteiger partial charge in [-0.25, -0.2) is 0 Å². The van der Waals surface area contributed by atoms with Crippen molar-refractivity contribution in [3.05, 3.63) is 34.3 Å². The second-order valence-corrected chi connectivity index (χ2v) is 3.63. The molecule has 0 aliphatic heterocycles. The van der Waals surface area contributed by atoms with E-state index in [1.54, 1.807) is 0 Å². The molecule has 0 amide bonds. The Morgan fingerprint density at radius 2 is 2.17 bits per heavy atom. The summed E-state index contributed by atoms with van der Waals surface area (Å²) >= 11 is 6.03. The molecular weight excluding hydrogens is 170 g/mol. The van der Waals surface area contributed by atoms with E-state index in [2.05, 4.69) is 11.0 Å². The van der Waals surface area contributed by atoms with Crippen LogP contribution in [0.4, 0.5) is 0 Å². The number of aryl methyl sites for hydroxylation is 1. The smallest absolute Gasteiger partial charge is 0.0454 e. The second kappa shape index (κ2) is 3.92. The van der Waals surface area contributed by atoms with Crippen LogP contribution in [0.3, 0.4) is 0 Å². The van der Waals surface area contributed by atoms with Crippen molar-refractivity contribution >= 4 is 11.6 Å². The van der Waals surface area contributed by atoms with E-state index < -0.39 is 0 Å². The highest BCUT2D eigenvalue weighted by Gasteiger charge is 2.00. The monoisotopic (exact) mass is 182 g/mol. The third-order valence-electron chi connectivity index (χ3n) is 1.61. The Balaban J connectivity index is 2.86. The summed E-state index contributed by atoms with van der Waals surface area (Å²) in [7, 11) is 4.05. The van der Waals surface area contributed by atoms with Gasteiger partial charge in [0.1, 0.15) is 0 Å². The summed E-state index contributed by atoms with van der Waals surface area (Å²) in [4.78, 5) is 2.09. The highest BCUT2D eigenvalue weighted by Crippen LogP contribution is 2.17. The van der Waals surface area contributed by atoms with Crippen LogP contribution in [0.1, 0.15) is 11.1 Å². The summed E-state index contributed by atoms with van der Waals surface area (Å²) in [5.41, 5.74) is 2.22. The molecule has 0 heterocycles. The molecule has 1 nitrogen and oxygen atoms in total. The van der Waals surface area contributed by atoms with E-state index in [9.17, 15) is 0 Å². The fourth-order valence-corrected chi connectivity index (χ4v) is 1.33. The van der Waals surface area contributed by atoms with Gasteiger partial charge >= 0.3 is 0 Å². The lowest BCUT2D eigenvalue weighted by Gasteiger charge is -2.10. The van der Waals surface area contributed by atoms with Crippen LogP contribution in [0.5, 0.6) is 0 Å². The minimum Gasteiger partial charge on any atom is -0.305 e. The molecule has 0 aliphatic carbocycles. The molecule has 0 aromatic heterocycles. The van der Waals surface area contributed by atoms with Gasteiger partial charge in [0.2, 0.25) is 0 Å². The minimum absolute atomic E-state index is 0.833. The Labute approximate surface area is 79.0 Å². The van der Waals surface area contributed by atoms with Gasteiger partial charge in [0.15, 0.2) is 0 Å². The fourth-order valence-electron chi connectivity index (χ4n) is 1.06. The van der Waals surface area contributed by atoms with Gasteiger partial charge < -0.3 is 4.90 Å². The number of rotatable bonds is 2. The molecule has 0 unspecified atom stereocenters. The third-order valence-corrected chi connectivity index (χ3v) is 1.96. The van der Waals surface area contributed by atoms with Crippen molar-refractivity contribution in [3.8, 4) is 0 Å². The molecule has 1 aromatic carbocycles. The molecule has 1 rings (SSSR count). The predicted molar refractivity (Wildman–Crippen MR) is 52.4 cm³/mol. The fraction of sp³-hybridized carbons (Fsp3) is 0.400. The van der Waals surface area contributed by atoms with Crippen molar-refractivity contribution in [2.24, 2.45) is 0 Å². The summed E-state index contributed by atoms with van der Waals surface area (Å²) in [5, 5.41) is 0.833. The van der Waals surface area contributed by atoms with Crippen molar-refractivity contribution < 1.29 is 0 Å². The van der Waals surface area contributed by atoms with Gasteiger partial charge in [0.25, 0.3) is 0 Å². The van der Waals surface area contributed by atoms with Crippen LogP contribution >= 0.6 is 11.6 Å². The molecule has 0 bridgehead atoms. The van der Waals surface area contributed by atoms with Gasteiger partial charge in [0, 0.05) is 11.6 Å². The Morgan fingerprint density at radius 3 is 2.67 bits per heavy atom. The van der Waals surface area contributed by atoms with Crippen molar-refractivity contribution in [3.63, 3.8) is 0 Å². The number of halogens is 1. The van der Waals surface area contributed by atoms with Gasteiger partial charge in [-0.3, -0.25) is 0 Å². The van der Waals surface area contributed by atoms with E-state index in [4.69, 9.17) is 11.6 Å². The van der Waals surface area contributed by atoms with Gasteiger partial charge in [-0.1, -0.05) is 11.6 Å². The zero-order chi connectivity index (χ0) is 9.14. The maximum absolute atomic E-state index is 6.03. The van der Waals surface area contributed by atoms with Gasteiger partial charge in [-0.2, -0.15) is 0 Å². The number of hydrogen-bond acceptors (Lipinski definition) is 1. The average Bonchev–Trinajstić information content (AvgIpc) is 1.94. The maximum atomic E-state index is 6.03. The van der Waals surface area contributed by atoms with Crippen LogP contribution in [0.25, 0.3) is 0 Å². The largest absolute Gasteiger partial charge is 0.305 e. The highest BCUT2D eigenvalue weighted by atomic mass is 35.5. The van der Waals surface area contributed by atoms with Crippen molar-refractivity contribution in [2.75, 3.05) is 14.1 Å². The van der Waals surface area contributed by atoms with Crippen molar-refractivity contribution in [2.45, 2.75) is 13.5 Å². The van der Waals surface area contributed by atoms with E-state index in [1.807, 2.05) is 33.2 Å². The molecule has 0 spiro atoms. The average molecular weight is 183 g/mol. The molecule has 0 aliphatic rings. The summed E-state index contributed by atoms with van der Waals surface area (Å²) in [6, 6.07) is 7.04. The summed E-state index contributed by atoms with van der Waals surface area (Å²) < 4.78 is 0. The molecule has 0 N–H and O–H groups in total. The second-order valence-electron chi connectivity index (χ2n) is 3.23. The quantitative estimate of drug-likeness (QED) is 0.680. The lowest BCUT2D eigenvalue weighted by molar-refractivity contribution is 0.402. The standard InChI is InChI=1S/C10H13ClN/c1-8-4-5-9(7-12(2)3)10(11)6-8/h5-6H,7H2,1-3H3. The van der Waals surface area contributed by atoms with Crippen LogP contribution in [0.15, 0.2) is 12.1 Å². The maximum Gasteiger partial charge on any atom is 0.0454 e. The first-order chi connectivity index (χ1) is 5.59. The zero-order valence-electron chi connectivity index (χ0n) is 7.69. The normalized spacial score (nSPS) is 10.8. The summed E-state index contributed by atoms with van der Waals surface area (Å²) in [6.45, 7) is 2.86. The van der Waals surface area contributed by atoms with E-state index in [0.717, 1.165) is 22.7 Å². The van der Waals surface area contributed by atoms with E-state index in [1.165, 1.54) is 0 Å². The number of hydrogen-bond donors (Lipinski definition) is 0. The molecule has 0 fully saturated rings. The molecule has 2 heteroatoms. The Morgan fingerprint density at radius 1 is 1.50 bits per heavy atom. The first-order valence-electron chi connectivity index (χ1n) is 3.91. The lowest BCUT2D eigenvalue weighted by atomic mass is 10.1. The molecule has 1 aromatic rings. The lowest BCUT2D eigenvalue weighted by Crippen LogP contribution is -2.10. The Bertz CT molecular complexity index is 269. The molecule has 0 atom stereocenters. The Kier molecular flexibility index (Phi) is 3.12. The zero-order valence-corrected chi connectivity index (χ0v) is 8.44. The van der Waals surface area contributed by atoms with Gasteiger partial charge in [-0.05, 0) is 50.3 Å².